The van der Waals surface area contributed by atoms with Crippen molar-refractivity contribution in [2.24, 2.45) is 22.7 Å². The van der Waals surface area contributed by atoms with Gasteiger partial charge in [0.25, 0.3) is 0 Å². The molecule has 0 heterocycles. The Labute approximate surface area is 195 Å². The van der Waals surface area contributed by atoms with Gasteiger partial charge in [-0.15, -0.1) is 0 Å². The summed E-state index contributed by atoms with van der Waals surface area (Å²) in [5.74, 6) is -5.42. The van der Waals surface area contributed by atoms with Crippen LogP contribution in [0.3, 0.4) is 0 Å². The van der Waals surface area contributed by atoms with Crippen LogP contribution in [0, 0.1) is 22.7 Å². The molecule has 0 aliphatic heterocycles. The van der Waals surface area contributed by atoms with Crippen LogP contribution in [-0.2, 0) is 28.7 Å². The van der Waals surface area contributed by atoms with Crippen LogP contribution in [0.2, 0.25) is 0 Å². The first-order chi connectivity index (χ1) is 12.8. The second-order valence-electron chi connectivity index (χ2n) is 8.29. The molecule has 0 fully saturated rings. The summed E-state index contributed by atoms with van der Waals surface area (Å²) in [6.45, 7) is 9.85. The van der Waals surface area contributed by atoms with E-state index in [2.05, 4.69) is 0 Å². The number of esters is 2. The van der Waals surface area contributed by atoms with E-state index >= 15 is 0 Å². The summed E-state index contributed by atoms with van der Waals surface area (Å²) < 4.78 is 10.2. The zero-order chi connectivity index (χ0) is 22.1. The maximum absolute atomic E-state index is 12.3. The molecule has 162 valence electrons. The zero-order valence-electron chi connectivity index (χ0n) is 18.7. The largest absolute Gasteiger partial charge is 1.00 e. The standard InChI is InChI=1S/C20H34O8.Na/c1-7-13(15(21)22)11-14(16(23)24)12-20(5,6)18(26)28-10-9-27-17(25)19(3,4)8-2;/h13-14H,7-12H2,1-6H3,(H,21,22)(H,23,24);/q;+1/p-1. The minimum atomic E-state index is -1.39. The van der Waals surface area contributed by atoms with Gasteiger partial charge in [0.2, 0.25) is 0 Å². The number of carbonyl (C=O) groups is 4. The van der Waals surface area contributed by atoms with Crippen LogP contribution in [0.1, 0.15) is 67.2 Å². The van der Waals surface area contributed by atoms with Crippen molar-refractivity contribution in [1.82, 2.24) is 0 Å². The second-order valence-corrected chi connectivity index (χ2v) is 8.29. The summed E-state index contributed by atoms with van der Waals surface area (Å²) >= 11 is 0. The Morgan fingerprint density at radius 2 is 1.34 bits per heavy atom. The fourth-order valence-electron chi connectivity index (χ4n) is 2.55. The monoisotopic (exact) mass is 424 g/mol. The van der Waals surface area contributed by atoms with Gasteiger partial charge < -0.3 is 24.5 Å². The van der Waals surface area contributed by atoms with Gasteiger partial charge in [0.05, 0.1) is 16.7 Å². The van der Waals surface area contributed by atoms with Gasteiger partial charge in [-0.2, -0.15) is 0 Å². The van der Waals surface area contributed by atoms with Gasteiger partial charge in [-0.25, -0.2) is 0 Å². The van der Waals surface area contributed by atoms with Gasteiger partial charge in [0.1, 0.15) is 13.2 Å². The molecule has 0 bridgehead atoms. The summed E-state index contributed by atoms with van der Waals surface area (Å²) in [7, 11) is 0. The molecule has 0 rings (SSSR count). The van der Waals surface area contributed by atoms with Gasteiger partial charge in [-0.05, 0) is 53.4 Å². The number of hydrogen-bond acceptors (Lipinski definition) is 7. The molecular formula is C20H33NaO8. The van der Waals surface area contributed by atoms with Crippen molar-refractivity contribution < 1.29 is 68.4 Å². The molecular weight excluding hydrogens is 391 g/mol. The van der Waals surface area contributed by atoms with Crippen LogP contribution >= 0.6 is 0 Å². The Hall–Kier alpha value is -1.12. The van der Waals surface area contributed by atoms with Crippen LogP contribution in [0.25, 0.3) is 0 Å². The number of aliphatic carboxylic acids is 2. The molecule has 9 heteroatoms. The van der Waals surface area contributed by atoms with Crippen molar-refractivity contribution in [3.63, 3.8) is 0 Å². The topological polar surface area (TPSA) is 130 Å². The van der Waals surface area contributed by atoms with Crippen LogP contribution in [0.4, 0.5) is 0 Å². The predicted molar refractivity (Wildman–Crippen MR) is 98.9 cm³/mol. The summed E-state index contributed by atoms with van der Waals surface area (Å²) in [5.41, 5.74) is -1.78. The third kappa shape index (κ3) is 10.5. The van der Waals surface area contributed by atoms with Crippen molar-refractivity contribution >= 4 is 23.9 Å². The minimum absolute atomic E-state index is 0. The van der Waals surface area contributed by atoms with E-state index in [1.54, 1.807) is 20.8 Å². The van der Waals surface area contributed by atoms with E-state index in [9.17, 15) is 24.3 Å². The fourth-order valence-corrected chi connectivity index (χ4v) is 2.55. The van der Waals surface area contributed by atoms with Gasteiger partial charge in [-0.3, -0.25) is 14.4 Å². The molecule has 2 atom stereocenters. The van der Waals surface area contributed by atoms with E-state index in [0.29, 0.717) is 6.42 Å². The summed E-state index contributed by atoms with van der Waals surface area (Å²) in [4.78, 5) is 46.8. The van der Waals surface area contributed by atoms with E-state index in [1.807, 2.05) is 6.92 Å². The second kappa shape index (κ2) is 13.2. The Morgan fingerprint density at radius 1 is 0.897 bits per heavy atom. The van der Waals surface area contributed by atoms with Crippen LogP contribution in [-0.4, -0.2) is 42.2 Å². The average molecular weight is 424 g/mol. The number of ether oxygens (including phenoxy) is 2. The number of hydrogen-bond donors (Lipinski definition) is 1. The Bertz CT molecular complexity index is 571. The van der Waals surface area contributed by atoms with Crippen LogP contribution in [0.5, 0.6) is 0 Å². The Morgan fingerprint density at radius 3 is 1.69 bits per heavy atom. The predicted octanol–water partition coefficient (Wildman–Crippen LogP) is -1.20. The third-order valence-electron chi connectivity index (χ3n) is 5.04. The minimum Gasteiger partial charge on any atom is -0.550 e. The molecule has 0 spiro atoms. The molecule has 0 aromatic heterocycles. The SMILES string of the molecule is CCC(CC(CC(C)(C)C(=O)OCCOC(=O)C(C)(C)CC)C(=O)[O-])C(=O)O.[Na+]. The molecule has 0 aliphatic rings. The molecule has 29 heavy (non-hydrogen) atoms. The first-order valence-electron chi connectivity index (χ1n) is 9.56. The van der Waals surface area contributed by atoms with Crippen molar-refractivity contribution in [1.29, 1.82) is 0 Å². The molecule has 0 aromatic carbocycles. The van der Waals surface area contributed by atoms with E-state index < -0.39 is 40.6 Å². The average Bonchev–Trinajstić information content (AvgIpc) is 2.60. The fraction of sp³-hybridized carbons (Fsp3) is 0.800. The number of carboxylic acids is 2. The Kier molecular flexibility index (Phi) is 13.7. The molecule has 0 aromatic rings. The van der Waals surface area contributed by atoms with E-state index in [-0.39, 0.29) is 68.0 Å². The van der Waals surface area contributed by atoms with Gasteiger partial charge in [0, 0.05) is 11.9 Å². The quantitative estimate of drug-likeness (QED) is 0.222. The zero-order valence-corrected chi connectivity index (χ0v) is 20.7. The van der Waals surface area contributed by atoms with Crippen molar-refractivity contribution in [2.45, 2.75) is 67.2 Å². The third-order valence-corrected chi connectivity index (χ3v) is 5.04. The summed E-state index contributed by atoms with van der Waals surface area (Å²) in [5, 5.41) is 20.5. The first kappa shape index (κ1) is 30.1. The molecule has 8 nitrogen and oxygen atoms in total. The van der Waals surface area contributed by atoms with Crippen LogP contribution in [0.15, 0.2) is 0 Å². The maximum Gasteiger partial charge on any atom is 1.00 e. The van der Waals surface area contributed by atoms with E-state index in [4.69, 9.17) is 14.6 Å². The molecule has 0 aliphatic carbocycles. The van der Waals surface area contributed by atoms with Gasteiger partial charge in [-0.1, -0.05) is 13.8 Å². The number of carbonyl (C=O) groups excluding carboxylic acids is 3. The summed E-state index contributed by atoms with van der Waals surface area (Å²) in [6, 6.07) is 0. The maximum atomic E-state index is 12.3. The van der Waals surface area contributed by atoms with E-state index in [1.165, 1.54) is 13.8 Å². The molecule has 0 amide bonds. The van der Waals surface area contributed by atoms with Gasteiger partial charge >= 0.3 is 47.5 Å². The van der Waals surface area contributed by atoms with Crippen molar-refractivity contribution in [2.75, 3.05) is 13.2 Å². The molecule has 1 N–H and O–H groups in total. The van der Waals surface area contributed by atoms with Gasteiger partial charge in [0.15, 0.2) is 0 Å². The van der Waals surface area contributed by atoms with E-state index in [0.717, 1.165) is 0 Å². The molecule has 0 saturated carbocycles. The normalized spacial score (nSPS) is 13.6. The molecule has 2 unspecified atom stereocenters. The van der Waals surface area contributed by atoms with Crippen LogP contribution < -0.4 is 34.7 Å². The number of rotatable bonds is 13. The number of carboxylic acid groups (broad SMARTS) is 2. The molecule has 0 radical (unpaired) electrons. The smallest absolute Gasteiger partial charge is 0.550 e. The first-order valence-corrected chi connectivity index (χ1v) is 9.56. The van der Waals surface area contributed by atoms with Crippen molar-refractivity contribution in [3.05, 3.63) is 0 Å². The van der Waals surface area contributed by atoms with Crippen molar-refractivity contribution in [3.8, 4) is 0 Å². The summed E-state index contributed by atoms with van der Waals surface area (Å²) in [6.07, 6.45) is 0.664. The molecule has 0 saturated heterocycles. The Balaban J connectivity index is 0.